The molecule has 1 aliphatic heterocycles. The molecule has 0 fully saturated rings. The topological polar surface area (TPSA) is 81.0 Å². The molecule has 1 aliphatic rings. The summed E-state index contributed by atoms with van der Waals surface area (Å²) in [5.41, 5.74) is 1.22. The molecule has 0 saturated heterocycles. The predicted octanol–water partition coefficient (Wildman–Crippen LogP) is 3.38. The molecule has 0 spiro atoms. The molecule has 4 rings (SSSR count). The van der Waals surface area contributed by atoms with Gasteiger partial charge in [-0.1, -0.05) is 46.7 Å². The van der Waals surface area contributed by atoms with Crippen molar-refractivity contribution in [2.75, 3.05) is 20.3 Å². The van der Waals surface area contributed by atoms with Gasteiger partial charge in [-0.2, -0.15) is 4.99 Å². The molecule has 0 radical (unpaired) electrons. The standard InChI is InChI=1S/C20H15Cl2N3O4S/c1-29-9-8-24-17-14(7-6-13(21)16(17)22)30-20(24)23-15(26)10-25-18(27)11-4-2-3-5-12(11)19(25)28/h2-7H,8-10H2,1H3. The molecular weight excluding hydrogens is 449 g/mol. The molecule has 3 amide bonds. The third kappa shape index (κ3) is 3.56. The Morgan fingerprint density at radius 1 is 1.10 bits per heavy atom. The number of imide groups is 1. The number of hydrogen-bond acceptors (Lipinski definition) is 5. The minimum Gasteiger partial charge on any atom is -0.383 e. The summed E-state index contributed by atoms with van der Waals surface area (Å²) in [6.45, 7) is 0.323. The van der Waals surface area contributed by atoms with Gasteiger partial charge in [0.15, 0.2) is 4.80 Å². The zero-order chi connectivity index (χ0) is 21.4. The molecule has 3 aromatic rings. The first-order valence-corrected chi connectivity index (χ1v) is 10.5. The Balaban J connectivity index is 1.70. The molecule has 10 heteroatoms. The van der Waals surface area contributed by atoms with Crippen LogP contribution in [0.4, 0.5) is 0 Å². The van der Waals surface area contributed by atoms with Crippen LogP contribution in [-0.2, 0) is 16.1 Å². The van der Waals surface area contributed by atoms with E-state index in [0.29, 0.717) is 33.5 Å². The van der Waals surface area contributed by atoms with Crippen molar-refractivity contribution in [1.29, 1.82) is 0 Å². The normalized spacial score (nSPS) is 14.1. The average Bonchev–Trinajstić information content (AvgIpc) is 3.20. The van der Waals surface area contributed by atoms with Crippen molar-refractivity contribution in [2.45, 2.75) is 6.54 Å². The summed E-state index contributed by atoms with van der Waals surface area (Å²) in [5.74, 6) is -1.63. The van der Waals surface area contributed by atoms with Crippen molar-refractivity contribution in [2.24, 2.45) is 4.99 Å². The molecule has 7 nitrogen and oxygen atoms in total. The lowest BCUT2D eigenvalue weighted by Crippen LogP contribution is -2.35. The third-order valence-corrected chi connectivity index (χ3v) is 6.48. The molecule has 2 heterocycles. The van der Waals surface area contributed by atoms with Gasteiger partial charge in [0, 0.05) is 13.7 Å². The third-order valence-electron chi connectivity index (χ3n) is 4.65. The van der Waals surface area contributed by atoms with Crippen LogP contribution >= 0.6 is 34.5 Å². The molecule has 154 valence electrons. The van der Waals surface area contributed by atoms with Crippen LogP contribution in [-0.4, -0.2) is 47.4 Å². The van der Waals surface area contributed by atoms with Crippen LogP contribution in [0.5, 0.6) is 0 Å². The summed E-state index contributed by atoms with van der Waals surface area (Å²) in [4.78, 5) is 43.1. The van der Waals surface area contributed by atoms with Crippen molar-refractivity contribution in [1.82, 2.24) is 9.47 Å². The second kappa shape index (κ2) is 8.31. The van der Waals surface area contributed by atoms with Crippen LogP contribution in [0.1, 0.15) is 20.7 Å². The molecule has 0 aliphatic carbocycles. The molecule has 0 atom stereocenters. The first kappa shape index (κ1) is 20.7. The largest absolute Gasteiger partial charge is 0.383 e. The average molecular weight is 464 g/mol. The van der Waals surface area contributed by atoms with Crippen molar-refractivity contribution in [3.8, 4) is 0 Å². The Kier molecular flexibility index (Phi) is 5.75. The maximum absolute atomic E-state index is 12.7. The second-order valence-electron chi connectivity index (χ2n) is 6.48. The number of methoxy groups -OCH3 is 1. The molecule has 30 heavy (non-hydrogen) atoms. The van der Waals surface area contributed by atoms with E-state index in [2.05, 4.69) is 4.99 Å². The first-order chi connectivity index (χ1) is 14.4. The van der Waals surface area contributed by atoms with Gasteiger partial charge in [0.2, 0.25) is 0 Å². The van der Waals surface area contributed by atoms with E-state index in [4.69, 9.17) is 27.9 Å². The van der Waals surface area contributed by atoms with E-state index in [9.17, 15) is 14.4 Å². The highest BCUT2D eigenvalue weighted by atomic mass is 35.5. The Labute approximate surface area is 185 Å². The number of hydrogen-bond donors (Lipinski definition) is 0. The highest BCUT2D eigenvalue weighted by Gasteiger charge is 2.36. The SMILES string of the molecule is COCCn1c(=NC(=O)CN2C(=O)c3ccccc3C2=O)sc2ccc(Cl)c(Cl)c21. The summed E-state index contributed by atoms with van der Waals surface area (Å²) < 4.78 is 7.70. The fraction of sp³-hybridized carbons (Fsp3) is 0.200. The van der Waals surface area contributed by atoms with E-state index in [0.717, 1.165) is 9.60 Å². The number of fused-ring (bicyclic) bond motifs is 2. The Morgan fingerprint density at radius 2 is 1.77 bits per heavy atom. The van der Waals surface area contributed by atoms with Gasteiger partial charge in [0.25, 0.3) is 17.7 Å². The number of benzene rings is 2. The number of rotatable bonds is 5. The number of thiazole rings is 1. The van der Waals surface area contributed by atoms with Crippen LogP contribution in [0, 0.1) is 0 Å². The summed E-state index contributed by atoms with van der Waals surface area (Å²) in [7, 11) is 1.56. The minimum atomic E-state index is -0.621. The second-order valence-corrected chi connectivity index (χ2v) is 8.28. The number of amides is 3. The maximum atomic E-state index is 12.7. The molecule has 0 unspecified atom stereocenters. The van der Waals surface area contributed by atoms with Crippen molar-refractivity contribution in [3.63, 3.8) is 0 Å². The molecule has 2 aromatic carbocycles. The summed E-state index contributed by atoms with van der Waals surface area (Å²) >= 11 is 13.8. The number of halogens is 2. The summed E-state index contributed by atoms with van der Waals surface area (Å²) in [6.07, 6.45) is 0. The molecular formula is C20H15Cl2N3O4S. The number of carbonyl (C=O) groups excluding carboxylic acids is 3. The minimum absolute atomic E-state index is 0.286. The quantitative estimate of drug-likeness (QED) is 0.543. The fourth-order valence-electron chi connectivity index (χ4n) is 3.24. The molecule has 1 aromatic heterocycles. The zero-order valence-corrected chi connectivity index (χ0v) is 18.1. The van der Waals surface area contributed by atoms with Gasteiger partial charge in [-0.05, 0) is 24.3 Å². The van der Waals surface area contributed by atoms with Crippen LogP contribution in [0.25, 0.3) is 10.2 Å². The van der Waals surface area contributed by atoms with Gasteiger partial charge >= 0.3 is 0 Å². The van der Waals surface area contributed by atoms with Crippen LogP contribution < -0.4 is 4.80 Å². The summed E-state index contributed by atoms with van der Waals surface area (Å²) in [6, 6.07) is 9.94. The zero-order valence-electron chi connectivity index (χ0n) is 15.7. The van der Waals surface area contributed by atoms with Gasteiger partial charge in [0.05, 0.1) is 38.0 Å². The summed E-state index contributed by atoms with van der Waals surface area (Å²) in [5, 5.41) is 0.743. The Hall–Kier alpha value is -2.52. The van der Waals surface area contributed by atoms with Crippen molar-refractivity contribution < 1.29 is 19.1 Å². The first-order valence-electron chi connectivity index (χ1n) is 8.91. The van der Waals surface area contributed by atoms with Crippen LogP contribution in [0.3, 0.4) is 0 Å². The lowest BCUT2D eigenvalue weighted by Gasteiger charge is -2.10. The monoisotopic (exact) mass is 463 g/mol. The van der Waals surface area contributed by atoms with E-state index in [-0.39, 0.29) is 11.1 Å². The van der Waals surface area contributed by atoms with Gasteiger partial charge in [0.1, 0.15) is 6.54 Å². The van der Waals surface area contributed by atoms with Crippen LogP contribution in [0.2, 0.25) is 10.0 Å². The Morgan fingerprint density at radius 3 is 2.40 bits per heavy atom. The maximum Gasteiger partial charge on any atom is 0.268 e. The van der Waals surface area contributed by atoms with E-state index in [1.165, 1.54) is 11.3 Å². The highest BCUT2D eigenvalue weighted by Crippen LogP contribution is 2.32. The van der Waals surface area contributed by atoms with Gasteiger partial charge in [-0.3, -0.25) is 19.3 Å². The van der Waals surface area contributed by atoms with Crippen molar-refractivity contribution in [3.05, 3.63) is 62.4 Å². The van der Waals surface area contributed by atoms with E-state index < -0.39 is 24.3 Å². The van der Waals surface area contributed by atoms with Crippen molar-refractivity contribution >= 4 is 62.5 Å². The number of carbonyl (C=O) groups is 3. The predicted molar refractivity (Wildman–Crippen MR) is 114 cm³/mol. The van der Waals surface area contributed by atoms with E-state index in [1.54, 1.807) is 48.1 Å². The van der Waals surface area contributed by atoms with Gasteiger partial charge < -0.3 is 9.30 Å². The molecule has 0 saturated carbocycles. The number of ether oxygens (including phenoxy) is 1. The van der Waals surface area contributed by atoms with Crippen LogP contribution in [0.15, 0.2) is 41.4 Å². The lowest BCUT2D eigenvalue weighted by atomic mass is 10.1. The number of aromatic nitrogens is 1. The Bertz CT molecular complexity index is 1230. The molecule has 0 bridgehead atoms. The number of nitrogens with zero attached hydrogens (tertiary/aromatic N) is 3. The fourth-order valence-corrected chi connectivity index (χ4v) is 4.80. The smallest absolute Gasteiger partial charge is 0.268 e. The van der Waals surface area contributed by atoms with E-state index in [1.807, 2.05) is 0 Å². The lowest BCUT2D eigenvalue weighted by molar-refractivity contribution is -0.118. The highest BCUT2D eigenvalue weighted by molar-refractivity contribution is 7.16. The van der Waals surface area contributed by atoms with Gasteiger partial charge in [-0.25, -0.2) is 0 Å². The van der Waals surface area contributed by atoms with E-state index >= 15 is 0 Å². The molecule has 0 N–H and O–H groups in total. The van der Waals surface area contributed by atoms with Gasteiger partial charge in [-0.15, -0.1) is 0 Å².